The number of fused-ring (bicyclic) bond motifs is 2. The molecule has 0 aromatic heterocycles. The molecule has 2 aliphatic heterocycles. The number of thioether (sulfide) groups is 6. The first kappa shape index (κ1) is 62.5. The molecule has 0 amide bonds. The van der Waals surface area contributed by atoms with Gasteiger partial charge in [0.1, 0.15) is 11.5 Å². The Kier molecular flexibility index (Phi) is 30.6. The Labute approximate surface area is 484 Å². The van der Waals surface area contributed by atoms with Gasteiger partial charge in [0.25, 0.3) is 0 Å². The summed E-state index contributed by atoms with van der Waals surface area (Å²) in [5.41, 5.74) is 0.883. The van der Waals surface area contributed by atoms with Crippen molar-refractivity contribution in [3.8, 4) is 23.0 Å². The summed E-state index contributed by atoms with van der Waals surface area (Å²) in [6.07, 6.45) is 35.5. The van der Waals surface area contributed by atoms with Crippen molar-refractivity contribution >= 4 is 93.3 Å². The molecule has 416 valence electrons. The highest BCUT2D eigenvalue weighted by Gasteiger charge is 2.36. The number of hydrogen-bond donors (Lipinski definition) is 0. The maximum Gasteiger partial charge on any atom is 0.343 e. The zero-order valence-corrected chi connectivity index (χ0v) is 51.4. The molecule has 4 aromatic rings. The Morgan fingerprint density at radius 3 is 1.05 bits per heavy atom. The number of hydrogen-bond acceptors (Lipinski definition) is 12. The zero-order valence-electron chi connectivity index (χ0n) is 46.5. The molecule has 0 N–H and O–H groups in total. The van der Waals surface area contributed by atoms with Crippen molar-refractivity contribution in [3.63, 3.8) is 0 Å². The van der Waals surface area contributed by atoms with Gasteiger partial charge in [-0.05, 0) is 85.7 Å². The minimum absolute atomic E-state index is 0.442. The molecular weight excluding hydrogens is 1060 g/mol. The van der Waals surface area contributed by atoms with Gasteiger partial charge in [-0.2, -0.15) is 0 Å². The maximum atomic E-state index is 14.2. The molecule has 0 bridgehead atoms. The van der Waals surface area contributed by atoms with Crippen molar-refractivity contribution in [1.29, 1.82) is 0 Å². The van der Waals surface area contributed by atoms with E-state index in [-0.39, 0.29) is 0 Å². The smallest absolute Gasteiger partial charge is 0.343 e. The van der Waals surface area contributed by atoms with Gasteiger partial charge in [-0.15, -0.1) is 23.5 Å². The summed E-state index contributed by atoms with van der Waals surface area (Å²) < 4.78 is 30.3. The zero-order chi connectivity index (χ0) is 53.4. The molecule has 76 heavy (non-hydrogen) atoms. The lowest BCUT2D eigenvalue weighted by Gasteiger charge is -2.16. The van der Waals surface area contributed by atoms with Gasteiger partial charge in [-0.3, -0.25) is 0 Å². The van der Waals surface area contributed by atoms with Crippen molar-refractivity contribution < 1.29 is 28.5 Å². The van der Waals surface area contributed by atoms with E-state index < -0.39 is 11.9 Å². The molecule has 2 aliphatic rings. The lowest BCUT2D eigenvalue weighted by atomic mass is 10.1. The second-order valence-corrected chi connectivity index (χ2v) is 27.5. The summed E-state index contributed by atoms with van der Waals surface area (Å²) in [6, 6.07) is 22.4. The highest BCUT2D eigenvalue weighted by molar-refractivity contribution is 8.42. The summed E-state index contributed by atoms with van der Waals surface area (Å²) in [4.78, 5) is 30.0. The molecule has 0 aliphatic carbocycles. The van der Waals surface area contributed by atoms with Crippen LogP contribution in [0.25, 0.3) is 10.8 Å². The van der Waals surface area contributed by atoms with Crippen LogP contribution in [0.5, 0.6) is 23.0 Å². The van der Waals surface area contributed by atoms with Gasteiger partial charge in [0, 0.05) is 10.8 Å². The number of benzene rings is 4. The third kappa shape index (κ3) is 21.4. The number of rotatable bonds is 40. The first-order chi connectivity index (χ1) is 37.4. The summed E-state index contributed by atoms with van der Waals surface area (Å²) in [7, 11) is 0. The fourth-order valence-electron chi connectivity index (χ4n) is 9.16. The summed E-state index contributed by atoms with van der Waals surface area (Å²) in [6.45, 7) is 10.4. The number of ether oxygens (including phenoxy) is 4. The highest BCUT2D eigenvalue weighted by Crippen LogP contribution is 2.67. The van der Waals surface area contributed by atoms with Crippen molar-refractivity contribution in [2.24, 2.45) is 0 Å². The Bertz CT molecular complexity index is 2240. The number of unbranched alkanes of at least 4 members (excludes halogenated alkanes) is 24. The molecule has 0 atom stereocenters. The predicted molar refractivity (Wildman–Crippen MR) is 336 cm³/mol. The monoisotopic (exact) mass is 1140 g/mol. The van der Waals surface area contributed by atoms with Gasteiger partial charge in [-0.25, -0.2) is 9.59 Å². The summed E-state index contributed by atoms with van der Waals surface area (Å²) in [5, 5.41) is 1.42. The molecule has 0 fully saturated rings. The molecule has 0 saturated carbocycles. The number of esters is 2. The van der Waals surface area contributed by atoms with Gasteiger partial charge in [0.15, 0.2) is 11.5 Å². The normalized spacial score (nSPS) is 13.3. The minimum atomic E-state index is -0.449. The average molecular weight is 1150 g/mol. The molecule has 4 aromatic carbocycles. The van der Waals surface area contributed by atoms with Crippen LogP contribution in [0.15, 0.2) is 99.5 Å². The largest absolute Gasteiger partial charge is 0.494 e. The molecular formula is C64H88O6S6. The van der Waals surface area contributed by atoms with Gasteiger partial charge < -0.3 is 18.9 Å². The molecule has 2 heterocycles. The first-order valence-corrected chi connectivity index (χ1v) is 34.6. The maximum absolute atomic E-state index is 14.2. The first-order valence-electron chi connectivity index (χ1n) is 29.4. The molecule has 12 heteroatoms. The van der Waals surface area contributed by atoms with E-state index in [1.807, 2.05) is 95.6 Å². The second kappa shape index (κ2) is 37.2. The van der Waals surface area contributed by atoms with Crippen molar-refractivity contribution in [3.05, 3.63) is 101 Å². The van der Waals surface area contributed by atoms with E-state index in [4.69, 9.17) is 18.9 Å². The molecule has 0 radical (unpaired) electrons. The third-order valence-corrected chi connectivity index (χ3v) is 22.5. The van der Waals surface area contributed by atoms with E-state index in [9.17, 15) is 9.59 Å². The van der Waals surface area contributed by atoms with Crippen molar-refractivity contribution in [2.45, 2.75) is 217 Å². The SMILES string of the molecule is CCCCCCCCCCCCOc1ccc(C(=O)Oc2c3c(c(OC(=O)c4ccc(OCCCCCCCCCCCC)cc4)c4ccccc24)SC(=C2SC(SCCCCCC)=C(SCCCCCC)S2)S3)cc1. The van der Waals surface area contributed by atoms with Crippen LogP contribution < -0.4 is 18.9 Å². The van der Waals surface area contributed by atoms with Crippen LogP contribution in [0.2, 0.25) is 0 Å². The Balaban J connectivity index is 1.16. The molecule has 0 saturated heterocycles. The van der Waals surface area contributed by atoms with E-state index in [0.29, 0.717) is 46.6 Å². The number of carbonyl (C=O) groups excluding carboxylic acids is 2. The predicted octanol–water partition coefficient (Wildman–Crippen LogP) is 22.4. The van der Waals surface area contributed by atoms with Crippen LogP contribution in [-0.2, 0) is 0 Å². The molecule has 0 spiro atoms. The van der Waals surface area contributed by atoms with Crippen LogP contribution in [0.3, 0.4) is 0 Å². The molecule has 0 unspecified atom stereocenters. The van der Waals surface area contributed by atoms with Crippen LogP contribution in [-0.4, -0.2) is 36.7 Å². The Morgan fingerprint density at radius 2 is 0.697 bits per heavy atom. The molecule has 6 nitrogen and oxygen atoms in total. The van der Waals surface area contributed by atoms with E-state index >= 15 is 0 Å². The number of carbonyl (C=O) groups is 2. The Hall–Kier alpha value is -2.74. The fraction of sp³-hybridized carbons (Fsp3) is 0.562. The Morgan fingerprint density at radius 1 is 0.382 bits per heavy atom. The quantitative estimate of drug-likeness (QED) is 0.0242. The van der Waals surface area contributed by atoms with E-state index in [1.165, 1.54) is 180 Å². The third-order valence-electron chi connectivity index (χ3n) is 13.7. The van der Waals surface area contributed by atoms with Gasteiger partial charge in [0.05, 0.1) is 51.1 Å². The van der Waals surface area contributed by atoms with Gasteiger partial charge in [-0.1, -0.05) is 253 Å². The van der Waals surface area contributed by atoms with Gasteiger partial charge in [0.2, 0.25) is 0 Å². The lowest BCUT2D eigenvalue weighted by molar-refractivity contribution is 0.0715. The lowest BCUT2D eigenvalue weighted by Crippen LogP contribution is -2.12. The van der Waals surface area contributed by atoms with E-state index in [0.717, 1.165) is 49.9 Å². The highest BCUT2D eigenvalue weighted by atomic mass is 32.3. The van der Waals surface area contributed by atoms with E-state index in [1.54, 1.807) is 47.8 Å². The van der Waals surface area contributed by atoms with Gasteiger partial charge >= 0.3 is 11.9 Å². The van der Waals surface area contributed by atoms with Crippen LogP contribution in [0.1, 0.15) is 228 Å². The summed E-state index contributed by atoms with van der Waals surface area (Å²) in [5.74, 6) is 3.77. The molecule has 6 rings (SSSR count). The second-order valence-electron chi connectivity index (χ2n) is 20.1. The summed E-state index contributed by atoms with van der Waals surface area (Å²) >= 11 is 11.0. The van der Waals surface area contributed by atoms with E-state index in [2.05, 4.69) is 27.7 Å². The fourth-order valence-corrected chi connectivity index (χ4v) is 18.1. The van der Waals surface area contributed by atoms with Crippen molar-refractivity contribution in [1.82, 2.24) is 0 Å². The standard InChI is InChI=1S/C64H88O6S6/c1-5-9-13-17-19-21-23-25-27-31-45-67-51-41-37-49(38-42-51)59(65)69-55-53-35-29-30-36-54(53)56(70-60(66)50-39-43-52(44-40-50)68-46-32-28-26-24-22-20-18-14-10-6-2)58-57(55)73-63(74-58)64-75-61(71-47-33-15-11-7-3)62(76-64)72-48-34-16-12-8-4/h29-30,35-44H,5-28,31-34,45-48H2,1-4H3. The van der Waals surface area contributed by atoms with Crippen LogP contribution in [0.4, 0.5) is 0 Å². The minimum Gasteiger partial charge on any atom is -0.494 e. The van der Waals surface area contributed by atoms with Crippen LogP contribution >= 0.6 is 70.6 Å². The van der Waals surface area contributed by atoms with Crippen LogP contribution in [0, 0.1) is 0 Å². The topological polar surface area (TPSA) is 71.1 Å². The van der Waals surface area contributed by atoms with Crippen molar-refractivity contribution in [2.75, 3.05) is 24.7 Å². The average Bonchev–Trinajstić information content (AvgIpc) is 4.07.